The Labute approximate surface area is 142 Å². The van der Waals surface area contributed by atoms with Crippen molar-refractivity contribution >= 4 is 29.1 Å². The van der Waals surface area contributed by atoms with Crippen molar-refractivity contribution in [1.82, 2.24) is 5.32 Å². The average molecular weight is 335 g/mol. The van der Waals surface area contributed by atoms with E-state index >= 15 is 0 Å². The Morgan fingerprint density at radius 2 is 2.04 bits per heavy atom. The van der Waals surface area contributed by atoms with Crippen LogP contribution in [0.4, 0.5) is 5.69 Å². The first-order valence-electron chi connectivity index (χ1n) is 8.47. The fourth-order valence-corrected chi connectivity index (χ4v) is 3.77. The lowest BCUT2D eigenvalue weighted by Gasteiger charge is -2.29. The van der Waals surface area contributed by atoms with Crippen LogP contribution in [-0.4, -0.2) is 24.4 Å². The van der Waals surface area contributed by atoms with Crippen LogP contribution < -0.4 is 10.2 Å². The molecule has 0 bridgehead atoms. The van der Waals surface area contributed by atoms with Crippen molar-refractivity contribution in [2.75, 3.05) is 11.4 Å². The van der Waals surface area contributed by atoms with Gasteiger partial charge in [0.05, 0.1) is 10.7 Å². The lowest BCUT2D eigenvalue weighted by Crippen LogP contribution is -2.41. The number of benzene rings is 1. The molecule has 0 unspecified atom stereocenters. The number of hydrogen-bond donors (Lipinski definition) is 1. The van der Waals surface area contributed by atoms with Gasteiger partial charge in [-0.15, -0.1) is 0 Å². The lowest BCUT2D eigenvalue weighted by molar-refractivity contribution is -0.117. The zero-order chi connectivity index (χ0) is 16.4. The van der Waals surface area contributed by atoms with E-state index in [2.05, 4.69) is 12.2 Å². The Hall–Kier alpha value is -1.55. The molecular weight excluding hydrogens is 312 g/mol. The van der Waals surface area contributed by atoms with E-state index < -0.39 is 0 Å². The van der Waals surface area contributed by atoms with Crippen LogP contribution in [-0.2, 0) is 4.79 Å². The van der Waals surface area contributed by atoms with Gasteiger partial charge in [-0.1, -0.05) is 31.4 Å². The van der Waals surface area contributed by atoms with Gasteiger partial charge in [-0.3, -0.25) is 9.59 Å². The van der Waals surface area contributed by atoms with Gasteiger partial charge in [-0.05, 0) is 43.4 Å². The summed E-state index contributed by atoms with van der Waals surface area (Å²) in [5.74, 6) is 0.512. The Bertz CT molecular complexity index is 617. The molecule has 0 aromatic heterocycles. The monoisotopic (exact) mass is 334 g/mol. The second kappa shape index (κ2) is 6.91. The van der Waals surface area contributed by atoms with Crippen LogP contribution >= 0.6 is 11.6 Å². The van der Waals surface area contributed by atoms with Gasteiger partial charge >= 0.3 is 0 Å². The number of rotatable bonds is 3. The van der Waals surface area contributed by atoms with Crippen molar-refractivity contribution in [3.8, 4) is 0 Å². The van der Waals surface area contributed by atoms with Crippen molar-refractivity contribution in [3.05, 3.63) is 28.8 Å². The molecule has 2 aliphatic rings. The summed E-state index contributed by atoms with van der Waals surface area (Å²) in [4.78, 5) is 26.2. The minimum atomic E-state index is -0.0756. The molecule has 1 aromatic rings. The predicted molar refractivity (Wildman–Crippen MR) is 91.9 cm³/mol. The molecule has 1 heterocycles. The van der Waals surface area contributed by atoms with E-state index in [-0.39, 0.29) is 17.9 Å². The van der Waals surface area contributed by atoms with Crippen LogP contribution in [0.25, 0.3) is 0 Å². The van der Waals surface area contributed by atoms with Gasteiger partial charge in [-0.25, -0.2) is 0 Å². The van der Waals surface area contributed by atoms with E-state index in [1.807, 2.05) is 0 Å². The molecule has 3 rings (SSSR count). The first kappa shape index (κ1) is 16.3. The molecule has 2 fully saturated rings. The largest absolute Gasteiger partial charge is 0.349 e. The first-order chi connectivity index (χ1) is 11.1. The number of nitrogens with one attached hydrogen (secondary N) is 1. The van der Waals surface area contributed by atoms with Crippen LogP contribution in [0.3, 0.4) is 0 Å². The molecule has 1 aliphatic carbocycles. The number of carbonyl (C=O) groups is 2. The number of carbonyl (C=O) groups excluding carboxylic acids is 2. The summed E-state index contributed by atoms with van der Waals surface area (Å²) in [6, 6.07) is 5.43. The van der Waals surface area contributed by atoms with Crippen LogP contribution in [0.2, 0.25) is 5.02 Å². The van der Waals surface area contributed by atoms with Gasteiger partial charge in [0.15, 0.2) is 0 Å². The maximum Gasteiger partial charge on any atom is 0.251 e. The van der Waals surface area contributed by atoms with Crippen molar-refractivity contribution in [1.29, 1.82) is 0 Å². The second-order valence-corrected chi connectivity index (χ2v) is 7.06. The van der Waals surface area contributed by atoms with Gasteiger partial charge in [0.25, 0.3) is 5.91 Å². The molecule has 1 saturated carbocycles. The molecule has 2 atom stereocenters. The first-order valence-corrected chi connectivity index (χ1v) is 8.85. The van der Waals surface area contributed by atoms with E-state index in [4.69, 9.17) is 11.6 Å². The van der Waals surface area contributed by atoms with Gasteiger partial charge < -0.3 is 10.2 Å². The van der Waals surface area contributed by atoms with Crippen molar-refractivity contribution in [2.24, 2.45) is 5.92 Å². The highest BCUT2D eigenvalue weighted by atomic mass is 35.5. The second-order valence-electron chi connectivity index (χ2n) is 6.66. The molecule has 0 radical (unpaired) electrons. The van der Waals surface area contributed by atoms with Crippen LogP contribution in [0.15, 0.2) is 18.2 Å². The van der Waals surface area contributed by atoms with Gasteiger partial charge in [-0.2, -0.15) is 0 Å². The van der Waals surface area contributed by atoms with Crippen molar-refractivity contribution in [2.45, 2.75) is 51.5 Å². The van der Waals surface area contributed by atoms with Crippen LogP contribution in [0.1, 0.15) is 55.8 Å². The molecule has 1 N–H and O–H groups in total. The predicted octanol–water partition coefficient (Wildman–Crippen LogP) is 3.78. The maximum atomic E-state index is 12.6. The topological polar surface area (TPSA) is 49.4 Å². The molecule has 124 valence electrons. The van der Waals surface area contributed by atoms with E-state index in [1.165, 1.54) is 19.3 Å². The smallest absolute Gasteiger partial charge is 0.251 e. The Morgan fingerprint density at radius 1 is 1.26 bits per heavy atom. The Kier molecular flexibility index (Phi) is 4.90. The number of amides is 2. The van der Waals surface area contributed by atoms with Crippen LogP contribution in [0.5, 0.6) is 0 Å². The fourth-order valence-electron chi connectivity index (χ4n) is 3.55. The molecule has 2 amide bonds. The summed E-state index contributed by atoms with van der Waals surface area (Å²) < 4.78 is 0. The molecular formula is C18H23ClN2O2. The minimum absolute atomic E-state index is 0.0744. The average Bonchev–Trinajstić information content (AvgIpc) is 2.96. The summed E-state index contributed by atoms with van der Waals surface area (Å²) in [6.07, 6.45) is 6.01. The maximum absolute atomic E-state index is 12.6. The minimum Gasteiger partial charge on any atom is -0.349 e. The molecule has 1 aromatic carbocycles. The molecule has 5 heteroatoms. The van der Waals surface area contributed by atoms with Gasteiger partial charge in [0.1, 0.15) is 0 Å². The standard InChI is InChI=1S/C18H23ClN2O2/c1-12-5-2-3-6-15(12)20-18(23)13-8-9-14(19)16(11-13)21-10-4-7-17(21)22/h8-9,11-12,15H,2-7,10H2,1H3,(H,20,23)/t12-,15-/m1/s1. The number of nitrogens with zero attached hydrogens (tertiary/aromatic N) is 1. The number of hydrogen-bond acceptors (Lipinski definition) is 2. The summed E-state index contributed by atoms with van der Waals surface area (Å²) in [5, 5.41) is 3.66. The normalized spacial score (nSPS) is 24.8. The van der Waals surface area contributed by atoms with Crippen molar-refractivity contribution < 1.29 is 9.59 Å². The summed E-state index contributed by atoms with van der Waals surface area (Å²) >= 11 is 6.24. The van der Waals surface area contributed by atoms with Crippen molar-refractivity contribution in [3.63, 3.8) is 0 Å². The highest BCUT2D eigenvalue weighted by molar-refractivity contribution is 6.34. The molecule has 1 saturated heterocycles. The third-order valence-corrected chi connectivity index (χ3v) is 5.32. The Morgan fingerprint density at radius 3 is 2.74 bits per heavy atom. The van der Waals surface area contributed by atoms with E-state index in [9.17, 15) is 9.59 Å². The summed E-state index contributed by atoms with van der Waals surface area (Å²) in [7, 11) is 0. The van der Waals surface area contributed by atoms with E-state index in [1.54, 1.807) is 23.1 Å². The summed E-state index contributed by atoms with van der Waals surface area (Å²) in [5.41, 5.74) is 1.22. The number of halogens is 1. The highest BCUT2D eigenvalue weighted by Gasteiger charge is 2.26. The molecule has 1 aliphatic heterocycles. The van der Waals surface area contributed by atoms with E-state index in [0.717, 1.165) is 12.8 Å². The SMILES string of the molecule is C[C@@H]1CCCC[C@H]1NC(=O)c1ccc(Cl)c(N2CCCC2=O)c1. The fraction of sp³-hybridized carbons (Fsp3) is 0.556. The molecule has 4 nitrogen and oxygen atoms in total. The lowest BCUT2D eigenvalue weighted by atomic mass is 9.86. The molecule has 23 heavy (non-hydrogen) atoms. The third-order valence-electron chi connectivity index (χ3n) is 5.00. The van der Waals surface area contributed by atoms with Crippen LogP contribution in [0, 0.1) is 5.92 Å². The zero-order valence-corrected chi connectivity index (χ0v) is 14.2. The molecule has 0 spiro atoms. The van der Waals surface area contributed by atoms with Gasteiger partial charge in [0.2, 0.25) is 5.91 Å². The third kappa shape index (κ3) is 3.52. The summed E-state index contributed by atoms with van der Waals surface area (Å²) in [6.45, 7) is 2.86. The Balaban J connectivity index is 1.77. The zero-order valence-electron chi connectivity index (χ0n) is 13.5. The quantitative estimate of drug-likeness (QED) is 0.914. The number of anilines is 1. The highest BCUT2D eigenvalue weighted by Crippen LogP contribution is 2.31. The van der Waals surface area contributed by atoms with E-state index in [0.29, 0.717) is 35.2 Å². The van der Waals surface area contributed by atoms with Gasteiger partial charge in [0, 0.05) is 24.6 Å².